The summed E-state index contributed by atoms with van der Waals surface area (Å²) in [4.78, 5) is 12.0. The minimum atomic E-state index is 0.244. The summed E-state index contributed by atoms with van der Waals surface area (Å²) >= 11 is 0. The molecule has 1 aliphatic carbocycles. The zero-order chi connectivity index (χ0) is 12.3. The fourth-order valence-corrected chi connectivity index (χ4v) is 2.88. The van der Waals surface area contributed by atoms with Crippen molar-refractivity contribution in [3.63, 3.8) is 0 Å². The Morgan fingerprint density at radius 3 is 2.41 bits per heavy atom. The van der Waals surface area contributed by atoms with E-state index in [1.807, 2.05) is 0 Å². The maximum Gasteiger partial charge on any atom is 0.223 e. The standard InChI is InChI=1S/C14H26N2O/c1-14(2,12-4-3-5-12)10-16-13(17)11-6-8-15-9-7-11/h11-12,15H,3-10H2,1-2H3,(H,16,17). The Morgan fingerprint density at radius 1 is 1.24 bits per heavy atom. The molecule has 0 radical (unpaired) electrons. The van der Waals surface area contributed by atoms with Crippen LogP contribution in [0.4, 0.5) is 0 Å². The summed E-state index contributed by atoms with van der Waals surface area (Å²) < 4.78 is 0. The molecule has 2 fully saturated rings. The van der Waals surface area contributed by atoms with Crippen LogP contribution in [0.2, 0.25) is 0 Å². The van der Waals surface area contributed by atoms with Crippen LogP contribution in [0, 0.1) is 17.3 Å². The minimum absolute atomic E-state index is 0.244. The largest absolute Gasteiger partial charge is 0.355 e. The predicted octanol–water partition coefficient (Wildman–Crippen LogP) is 1.93. The number of carbonyl (C=O) groups is 1. The number of piperidine rings is 1. The molecule has 0 aromatic rings. The third kappa shape index (κ3) is 3.21. The van der Waals surface area contributed by atoms with Crippen LogP contribution in [0.15, 0.2) is 0 Å². The molecule has 0 aromatic heterocycles. The van der Waals surface area contributed by atoms with Gasteiger partial charge >= 0.3 is 0 Å². The molecule has 0 atom stereocenters. The molecule has 2 N–H and O–H groups in total. The van der Waals surface area contributed by atoms with E-state index in [1.54, 1.807) is 0 Å². The Labute approximate surface area is 105 Å². The lowest BCUT2D eigenvalue weighted by atomic mass is 9.67. The van der Waals surface area contributed by atoms with Gasteiger partial charge in [-0.2, -0.15) is 0 Å². The van der Waals surface area contributed by atoms with Gasteiger partial charge in [0.05, 0.1) is 0 Å². The third-order valence-corrected chi connectivity index (χ3v) is 4.64. The molecule has 1 aliphatic heterocycles. The van der Waals surface area contributed by atoms with E-state index in [0.29, 0.717) is 0 Å². The smallest absolute Gasteiger partial charge is 0.223 e. The van der Waals surface area contributed by atoms with Gasteiger partial charge in [0.25, 0.3) is 0 Å². The summed E-state index contributed by atoms with van der Waals surface area (Å²) in [6, 6.07) is 0. The van der Waals surface area contributed by atoms with E-state index in [0.717, 1.165) is 38.4 Å². The number of hydrogen-bond acceptors (Lipinski definition) is 2. The highest BCUT2D eigenvalue weighted by Crippen LogP contribution is 2.41. The zero-order valence-electron chi connectivity index (χ0n) is 11.2. The van der Waals surface area contributed by atoms with Gasteiger partial charge in [-0.3, -0.25) is 4.79 Å². The van der Waals surface area contributed by atoms with Crippen LogP contribution in [0.5, 0.6) is 0 Å². The second kappa shape index (κ2) is 5.38. The van der Waals surface area contributed by atoms with Crippen molar-refractivity contribution in [3.05, 3.63) is 0 Å². The van der Waals surface area contributed by atoms with Crippen molar-refractivity contribution in [2.75, 3.05) is 19.6 Å². The quantitative estimate of drug-likeness (QED) is 0.786. The monoisotopic (exact) mass is 238 g/mol. The Bertz CT molecular complexity index is 265. The van der Waals surface area contributed by atoms with Crippen LogP contribution in [-0.2, 0) is 4.79 Å². The van der Waals surface area contributed by atoms with E-state index in [9.17, 15) is 4.79 Å². The number of hydrogen-bond donors (Lipinski definition) is 2. The fourth-order valence-electron chi connectivity index (χ4n) is 2.88. The van der Waals surface area contributed by atoms with Crippen molar-refractivity contribution < 1.29 is 4.79 Å². The van der Waals surface area contributed by atoms with Crippen LogP contribution < -0.4 is 10.6 Å². The normalized spacial score (nSPS) is 23.2. The molecule has 0 spiro atoms. The van der Waals surface area contributed by atoms with Gasteiger partial charge in [0.2, 0.25) is 5.91 Å². The highest BCUT2D eigenvalue weighted by molar-refractivity contribution is 5.78. The van der Waals surface area contributed by atoms with E-state index in [1.165, 1.54) is 19.3 Å². The van der Waals surface area contributed by atoms with E-state index in [4.69, 9.17) is 0 Å². The summed E-state index contributed by atoms with van der Waals surface area (Å²) in [5.74, 6) is 1.34. The summed E-state index contributed by atoms with van der Waals surface area (Å²) in [5, 5.41) is 6.47. The first kappa shape index (κ1) is 12.9. The van der Waals surface area contributed by atoms with Crippen molar-refractivity contribution in [2.24, 2.45) is 17.3 Å². The van der Waals surface area contributed by atoms with Crippen molar-refractivity contribution in [1.82, 2.24) is 10.6 Å². The lowest BCUT2D eigenvalue weighted by molar-refractivity contribution is -0.126. The third-order valence-electron chi connectivity index (χ3n) is 4.64. The Balaban J connectivity index is 1.74. The SMILES string of the molecule is CC(C)(CNC(=O)C1CCNCC1)C1CCC1. The number of carbonyl (C=O) groups excluding carboxylic acids is 1. The molecule has 17 heavy (non-hydrogen) atoms. The van der Waals surface area contributed by atoms with Gasteiger partial charge in [-0.25, -0.2) is 0 Å². The molecule has 98 valence electrons. The topological polar surface area (TPSA) is 41.1 Å². The fraction of sp³-hybridized carbons (Fsp3) is 0.929. The predicted molar refractivity (Wildman–Crippen MR) is 69.7 cm³/mol. The van der Waals surface area contributed by atoms with Crippen LogP contribution in [0.1, 0.15) is 46.0 Å². The van der Waals surface area contributed by atoms with Crippen molar-refractivity contribution in [2.45, 2.75) is 46.0 Å². The van der Waals surface area contributed by atoms with Gasteiger partial charge in [-0.05, 0) is 50.1 Å². The van der Waals surface area contributed by atoms with Crippen LogP contribution in [-0.4, -0.2) is 25.5 Å². The van der Waals surface area contributed by atoms with Crippen molar-refractivity contribution in [1.29, 1.82) is 0 Å². The molecule has 0 bridgehead atoms. The molecule has 3 heteroatoms. The first-order valence-electron chi connectivity index (χ1n) is 7.08. The molecule has 2 aliphatic rings. The van der Waals surface area contributed by atoms with Gasteiger partial charge in [0.15, 0.2) is 0 Å². The molecule has 1 saturated carbocycles. The first-order valence-corrected chi connectivity index (χ1v) is 7.08. The van der Waals surface area contributed by atoms with E-state index < -0.39 is 0 Å². The lowest BCUT2D eigenvalue weighted by Gasteiger charge is -2.40. The second-order valence-electron chi connectivity index (χ2n) is 6.36. The number of amides is 1. The second-order valence-corrected chi connectivity index (χ2v) is 6.36. The van der Waals surface area contributed by atoms with Gasteiger partial charge in [0, 0.05) is 12.5 Å². The molecule has 0 unspecified atom stereocenters. The van der Waals surface area contributed by atoms with E-state index >= 15 is 0 Å². The number of nitrogens with one attached hydrogen (secondary N) is 2. The number of rotatable bonds is 4. The van der Waals surface area contributed by atoms with E-state index in [2.05, 4.69) is 24.5 Å². The molecular weight excluding hydrogens is 212 g/mol. The maximum absolute atomic E-state index is 12.0. The first-order chi connectivity index (χ1) is 8.09. The van der Waals surface area contributed by atoms with Gasteiger partial charge < -0.3 is 10.6 Å². The summed E-state index contributed by atoms with van der Waals surface area (Å²) in [5.41, 5.74) is 0.279. The summed E-state index contributed by atoms with van der Waals surface area (Å²) in [6.07, 6.45) is 6.05. The molecule has 0 aromatic carbocycles. The highest BCUT2D eigenvalue weighted by atomic mass is 16.1. The minimum Gasteiger partial charge on any atom is -0.355 e. The molecule has 3 nitrogen and oxygen atoms in total. The molecule has 1 saturated heterocycles. The lowest BCUT2D eigenvalue weighted by Crippen LogP contribution is -2.44. The van der Waals surface area contributed by atoms with Crippen LogP contribution in [0.25, 0.3) is 0 Å². The van der Waals surface area contributed by atoms with Crippen molar-refractivity contribution >= 4 is 5.91 Å². The van der Waals surface area contributed by atoms with Gasteiger partial charge in [-0.15, -0.1) is 0 Å². The molecule has 2 rings (SSSR count). The van der Waals surface area contributed by atoms with Gasteiger partial charge in [0.1, 0.15) is 0 Å². The molecule has 1 amide bonds. The zero-order valence-corrected chi connectivity index (χ0v) is 11.2. The molecule has 1 heterocycles. The average Bonchev–Trinajstić information content (AvgIpc) is 2.24. The van der Waals surface area contributed by atoms with Crippen molar-refractivity contribution in [3.8, 4) is 0 Å². The summed E-state index contributed by atoms with van der Waals surface area (Å²) in [7, 11) is 0. The Morgan fingerprint density at radius 2 is 1.88 bits per heavy atom. The molecular formula is C14H26N2O. The Kier molecular flexibility index (Phi) is 4.08. The highest BCUT2D eigenvalue weighted by Gasteiger charge is 2.34. The maximum atomic E-state index is 12.0. The van der Waals surface area contributed by atoms with Crippen LogP contribution >= 0.6 is 0 Å². The summed E-state index contributed by atoms with van der Waals surface area (Å²) in [6.45, 7) is 7.41. The van der Waals surface area contributed by atoms with E-state index in [-0.39, 0.29) is 17.2 Å². The van der Waals surface area contributed by atoms with Gasteiger partial charge in [-0.1, -0.05) is 20.3 Å². The van der Waals surface area contributed by atoms with Crippen LogP contribution in [0.3, 0.4) is 0 Å². The average molecular weight is 238 g/mol. The Hall–Kier alpha value is -0.570.